The van der Waals surface area contributed by atoms with Crippen LogP contribution in [0.25, 0.3) is 0 Å². The smallest absolute Gasteiger partial charge is 0.319 e. The highest BCUT2D eigenvalue weighted by Crippen LogP contribution is 2.45. The Kier molecular flexibility index (Phi) is 7.23. The van der Waals surface area contributed by atoms with Crippen LogP contribution in [0.5, 0.6) is 23.4 Å². The number of nitrogens with zero attached hydrogens (tertiary/aromatic N) is 3. The Hall–Kier alpha value is -2.58. The van der Waals surface area contributed by atoms with E-state index in [1.807, 2.05) is 19.1 Å². The molecule has 0 radical (unpaired) electrons. The van der Waals surface area contributed by atoms with E-state index in [0.717, 1.165) is 29.7 Å². The Morgan fingerprint density at radius 3 is 2.52 bits per heavy atom. The first-order valence-corrected chi connectivity index (χ1v) is 10.2. The van der Waals surface area contributed by atoms with Crippen molar-refractivity contribution in [3.05, 3.63) is 35.0 Å². The number of aromatic nitrogens is 2. The summed E-state index contributed by atoms with van der Waals surface area (Å²) in [6.45, 7) is 2.48. The number of hydrogen-bond acceptors (Lipinski definition) is 8. The summed E-state index contributed by atoms with van der Waals surface area (Å²) < 4.78 is 22.1. The van der Waals surface area contributed by atoms with Gasteiger partial charge in [-0.15, -0.1) is 12.4 Å². The Balaban J connectivity index is 0.00000272. The molecule has 2 aromatic rings. The Bertz CT molecular complexity index is 968. The lowest BCUT2D eigenvalue weighted by molar-refractivity contribution is 0.111. The first-order chi connectivity index (χ1) is 14.6. The van der Waals surface area contributed by atoms with Crippen molar-refractivity contribution in [1.82, 2.24) is 9.97 Å². The number of aliphatic hydroxyl groups is 1. The lowest BCUT2D eigenvalue weighted by Gasteiger charge is -2.37. The summed E-state index contributed by atoms with van der Waals surface area (Å²) in [4.78, 5) is 13.7. The van der Waals surface area contributed by atoms with Gasteiger partial charge in [0, 0.05) is 17.7 Å². The minimum Gasteiger partial charge on any atom is -0.493 e. The van der Waals surface area contributed by atoms with Crippen LogP contribution in [-0.4, -0.2) is 60.9 Å². The maximum atomic E-state index is 10.3. The van der Waals surface area contributed by atoms with Crippen molar-refractivity contribution in [2.45, 2.75) is 44.2 Å². The zero-order chi connectivity index (χ0) is 21.3. The lowest BCUT2D eigenvalue weighted by atomic mass is 9.74. The normalized spacial score (nSPS) is 21.7. The van der Waals surface area contributed by atoms with E-state index in [2.05, 4.69) is 9.97 Å². The number of benzene rings is 1. The van der Waals surface area contributed by atoms with E-state index in [0.29, 0.717) is 36.0 Å². The van der Waals surface area contributed by atoms with Crippen molar-refractivity contribution >= 4 is 18.1 Å². The minimum absolute atomic E-state index is 0. The van der Waals surface area contributed by atoms with Crippen molar-refractivity contribution in [1.29, 1.82) is 0 Å². The van der Waals surface area contributed by atoms with E-state index >= 15 is 0 Å². The van der Waals surface area contributed by atoms with E-state index in [9.17, 15) is 5.11 Å². The molecule has 1 saturated carbocycles. The molecule has 2 heterocycles. The molecule has 1 aromatic heterocycles. The van der Waals surface area contributed by atoms with Gasteiger partial charge in [-0.25, -0.2) is 4.98 Å². The summed E-state index contributed by atoms with van der Waals surface area (Å²) in [5, 5.41) is 10.3. The van der Waals surface area contributed by atoms with Gasteiger partial charge in [-0.3, -0.25) is 4.99 Å². The second kappa shape index (κ2) is 9.70. The molecule has 31 heavy (non-hydrogen) atoms. The molecular weight excluding hydrogens is 422 g/mol. The van der Waals surface area contributed by atoms with Crippen LogP contribution in [0, 0.1) is 0 Å². The van der Waals surface area contributed by atoms with Gasteiger partial charge in [-0.05, 0) is 43.9 Å². The van der Waals surface area contributed by atoms with Crippen LogP contribution in [0.2, 0.25) is 0 Å². The molecule has 1 aliphatic carbocycles. The molecule has 1 aliphatic heterocycles. The Morgan fingerprint density at radius 2 is 1.84 bits per heavy atom. The van der Waals surface area contributed by atoms with Crippen LogP contribution >= 0.6 is 12.4 Å². The number of ether oxygens (including phenoxy) is 4. The third kappa shape index (κ3) is 4.27. The summed E-state index contributed by atoms with van der Waals surface area (Å²) >= 11 is 0. The number of aliphatic hydroxyl groups excluding tert-OH is 1. The van der Waals surface area contributed by atoms with E-state index in [4.69, 9.17) is 23.9 Å². The third-order valence-electron chi connectivity index (χ3n) is 5.73. The van der Waals surface area contributed by atoms with Crippen LogP contribution < -0.4 is 18.9 Å². The molecule has 1 fully saturated rings. The van der Waals surface area contributed by atoms with Crippen molar-refractivity contribution in [2.24, 2.45) is 4.99 Å². The second-order valence-electron chi connectivity index (χ2n) is 7.42. The predicted molar refractivity (Wildman–Crippen MR) is 119 cm³/mol. The highest BCUT2D eigenvalue weighted by Gasteiger charge is 2.38. The molecule has 9 heteroatoms. The van der Waals surface area contributed by atoms with Gasteiger partial charge in [0.1, 0.15) is 0 Å². The average molecular weight is 450 g/mol. The fraction of sp³-hybridized carbons (Fsp3) is 0.500. The first-order valence-electron chi connectivity index (χ1n) is 10.2. The van der Waals surface area contributed by atoms with Crippen molar-refractivity contribution < 1.29 is 24.1 Å². The first kappa shape index (κ1) is 23.1. The van der Waals surface area contributed by atoms with E-state index in [1.165, 1.54) is 7.11 Å². The topological polar surface area (TPSA) is 95.3 Å². The number of fused-ring (bicyclic) bond motifs is 3. The zero-order valence-corrected chi connectivity index (χ0v) is 18.9. The van der Waals surface area contributed by atoms with Crippen LogP contribution in [-0.2, 0) is 0 Å². The fourth-order valence-electron chi connectivity index (χ4n) is 4.35. The van der Waals surface area contributed by atoms with Gasteiger partial charge in [-0.2, -0.15) is 4.98 Å². The van der Waals surface area contributed by atoms with Crippen LogP contribution in [0.15, 0.2) is 23.3 Å². The molecule has 2 unspecified atom stereocenters. The van der Waals surface area contributed by atoms with Crippen molar-refractivity contribution in [3.8, 4) is 23.4 Å². The summed E-state index contributed by atoms with van der Waals surface area (Å²) in [6, 6.07) is 4.26. The quantitative estimate of drug-likeness (QED) is 0.723. The summed E-state index contributed by atoms with van der Waals surface area (Å²) in [6.07, 6.45) is 3.56. The fourth-order valence-corrected chi connectivity index (χ4v) is 4.35. The molecule has 0 amide bonds. The van der Waals surface area contributed by atoms with Gasteiger partial charge in [-0.1, -0.05) is 0 Å². The second-order valence-corrected chi connectivity index (χ2v) is 7.42. The van der Waals surface area contributed by atoms with Gasteiger partial charge in [0.15, 0.2) is 11.5 Å². The molecule has 0 spiro atoms. The molecule has 1 aromatic carbocycles. The number of aliphatic imine (C=N–C) groups is 1. The lowest BCUT2D eigenvalue weighted by Crippen LogP contribution is -2.34. The van der Waals surface area contributed by atoms with Crippen LogP contribution in [0.1, 0.15) is 48.8 Å². The summed E-state index contributed by atoms with van der Waals surface area (Å²) in [5.41, 5.74) is 3.45. The summed E-state index contributed by atoms with van der Waals surface area (Å²) in [5.74, 6) is 1.83. The van der Waals surface area contributed by atoms with Crippen molar-refractivity contribution in [3.63, 3.8) is 0 Å². The molecule has 4 rings (SSSR count). The molecule has 1 N–H and O–H groups in total. The molecule has 3 atom stereocenters. The Morgan fingerprint density at radius 1 is 1.03 bits per heavy atom. The molecule has 0 saturated heterocycles. The number of methoxy groups -OCH3 is 3. The maximum absolute atomic E-state index is 10.3. The Labute approximate surface area is 188 Å². The molecule has 2 aliphatic rings. The standard InChI is InChI=1S/C22H27N3O5.ClH/c1-5-30-19-9-13-14-8-12(26)6-7-17(14)24-20(15(13)10-18(19)27-2)16-11-23-22(29-4)25-21(16)28-3;/h9-12,14,17,26H,5-8H2,1-4H3;1H/t12?,14-,17?;/m1./s1. The van der Waals surface area contributed by atoms with Crippen LogP contribution in [0.4, 0.5) is 0 Å². The highest BCUT2D eigenvalue weighted by molar-refractivity contribution is 6.16. The number of rotatable bonds is 6. The highest BCUT2D eigenvalue weighted by atomic mass is 35.5. The molecule has 0 bridgehead atoms. The summed E-state index contributed by atoms with van der Waals surface area (Å²) in [7, 11) is 4.70. The maximum Gasteiger partial charge on any atom is 0.319 e. The van der Waals surface area contributed by atoms with Crippen LogP contribution in [0.3, 0.4) is 0 Å². The number of hydrogen-bond donors (Lipinski definition) is 1. The predicted octanol–water partition coefficient (Wildman–Crippen LogP) is 3.17. The monoisotopic (exact) mass is 449 g/mol. The number of halogens is 1. The minimum atomic E-state index is -0.327. The molecule has 168 valence electrons. The molecular formula is C22H28ClN3O5. The van der Waals surface area contributed by atoms with Gasteiger partial charge in [0.2, 0.25) is 5.88 Å². The average Bonchev–Trinajstić information content (AvgIpc) is 2.78. The zero-order valence-electron chi connectivity index (χ0n) is 18.1. The third-order valence-corrected chi connectivity index (χ3v) is 5.73. The van der Waals surface area contributed by atoms with E-state index in [1.54, 1.807) is 20.4 Å². The van der Waals surface area contributed by atoms with Gasteiger partial charge >= 0.3 is 6.01 Å². The van der Waals surface area contributed by atoms with E-state index < -0.39 is 0 Å². The van der Waals surface area contributed by atoms with Crippen molar-refractivity contribution in [2.75, 3.05) is 27.9 Å². The SMILES string of the molecule is CCOc1cc2c(cc1OC)C(c1cnc(OC)nc1OC)=NC1CCC(O)C[C@H]21.Cl. The van der Waals surface area contributed by atoms with E-state index in [-0.39, 0.29) is 36.5 Å². The van der Waals surface area contributed by atoms with Gasteiger partial charge in [0.25, 0.3) is 0 Å². The van der Waals surface area contributed by atoms with Gasteiger partial charge in [0.05, 0.1) is 51.4 Å². The largest absolute Gasteiger partial charge is 0.493 e. The molecule has 8 nitrogen and oxygen atoms in total. The van der Waals surface area contributed by atoms with Gasteiger partial charge < -0.3 is 24.1 Å².